The van der Waals surface area contributed by atoms with Crippen LogP contribution in [0.5, 0.6) is 11.5 Å². The molecule has 4 amide bonds. The van der Waals surface area contributed by atoms with E-state index < -0.39 is 53.9 Å². The van der Waals surface area contributed by atoms with Crippen molar-refractivity contribution in [1.29, 1.82) is 0 Å². The average molecular weight is 1100 g/mol. The summed E-state index contributed by atoms with van der Waals surface area (Å²) in [6, 6.07) is 8.92. The Morgan fingerprint density at radius 2 is 1.46 bits per heavy atom. The summed E-state index contributed by atoms with van der Waals surface area (Å²) in [5.41, 5.74) is 21.4. The van der Waals surface area contributed by atoms with Crippen molar-refractivity contribution in [2.75, 3.05) is 77.8 Å². The molecule has 0 saturated heterocycles. The third-order valence-corrected chi connectivity index (χ3v) is 12.2. The van der Waals surface area contributed by atoms with Gasteiger partial charge in [-0.2, -0.15) is 5.10 Å². The zero-order valence-corrected chi connectivity index (χ0v) is 45.1. The number of carbonyl (C=O) groups excluding carboxylic acids is 4. The number of amides is 4. The Bertz CT molecular complexity index is 2830. The molecule has 0 radical (unpaired) electrons. The number of carboxylic acid groups (broad SMARTS) is 1. The molecule has 0 fully saturated rings. The number of aryl methyl sites for hydroxylation is 4. The fourth-order valence-electron chi connectivity index (χ4n) is 8.08. The van der Waals surface area contributed by atoms with Gasteiger partial charge in [0.15, 0.2) is 5.96 Å². The topological polar surface area (TPSA) is 380 Å². The van der Waals surface area contributed by atoms with Gasteiger partial charge < -0.3 is 71.7 Å². The maximum Gasteiger partial charge on any atom is 0.336 e. The molecule has 0 aliphatic rings. The largest absolute Gasteiger partial charge is 0.493 e. The normalized spacial score (nSPS) is 11.9. The van der Waals surface area contributed by atoms with E-state index in [0.717, 1.165) is 41.1 Å². The predicted octanol–water partition coefficient (Wildman–Crippen LogP) is 2.10. The first-order valence-corrected chi connectivity index (χ1v) is 26.3. The van der Waals surface area contributed by atoms with Crippen LogP contribution >= 0.6 is 0 Å². The SMILES string of the molecule is Cc1n[nH]c(C)c1CCCOc1cc(OCCCc2cn(CCOCCOCCOCCC(=O)NC(CCCN=C(N)N)C(=O)NCC(=O)NC(CCCCN)C(=O)Nc3ccc4c(C)cc(=O)oc4c3)nn2)cc(C(=O)O)c1. The van der Waals surface area contributed by atoms with E-state index in [4.69, 9.17) is 45.3 Å². The fourth-order valence-corrected chi connectivity index (χ4v) is 8.08. The quantitative estimate of drug-likeness (QED) is 0.0118. The summed E-state index contributed by atoms with van der Waals surface area (Å²) in [5, 5.41) is 36.6. The van der Waals surface area contributed by atoms with Gasteiger partial charge in [0, 0.05) is 54.1 Å². The molecule has 0 bridgehead atoms. The summed E-state index contributed by atoms with van der Waals surface area (Å²) >= 11 is 0. The zero-order valence-electron chi connectivity index (χ0n) is 45.1. The zero-order chi connectivity index (χ0) is 56.9. The van der Waals surface area contributed by atoms with Crippen LogP contribution in [0.15, 0.2) is 62.9 Å². The minimum absolute atomic E-state index is 0.0512. The maximum absolute atomic E-state index is 13.4. The number of aromatic nitrogens is 5. The first-order valence-electron chi connectivity index (χ1n) is 26.3. The van der Waals surface area contributed by atoms with Crippen molar-refractivity contribution in [2.24, 2.45) is 22.2 Å². The van der Waals surface area contributed by atoms with E-state index in [-0.39, 0.29) is 57.2 Å². The molecule has 3 aromatic heterocycles. The van der Waals surface area contributed by atoms with Crippen molar-refractivity contribution < 1.29 is 57.2 Å². The molecule has 2 atom stereocenters. The Kier molecular flexibility index (Phi) is 26.2. The van der Waals surface area contributed by atoms with E-state index in [1.165, 1.54) is 24.3 Å². The molecule has 0 aliphatic carbocycles. The number of hydrogen-bond donors (Lipinski definition) is 9. The molecule has 12 N–H and O–H groups in total. The van der Waals surface area contributed by atoms with E-state index in [1.807, 2.05) is 20.0 Å². The molecule has 5 rings (SSSR count). The lowest BCUT2D eigenvalue weighted by Crippen LogP contribution is -2.51. The number of aliphatic imine (C=N–C) groups is 1. The van der Waals surface area contributed by atoms with Crippen LogP contribution in [-0.2, 0) is 52.8 Å². The number of nitrogens with one attached hydrogen (secondary N) is 5. The molecule has 0 spiro atoms. The third kappa shape index (κ3) is 22.5. The van der Waals surface area contributed by atoms with Gasteiger partial charge in [-0.15, -0.1) is 5.10 Å². The van der Waals surface area contributed by atoms with Crippen molar-refractivity contribution in [3.8, 4) is 11.5 Å². The number of unbranched alkanes of at least 4 members (excludes halogenated alkanes) is 1. The third-order valence-electron chi connectivity index (χ3n) is 12.2. The number of anilines is 1. The van der Waals surface area contributed by atoms with Crippen LogP contribution in [0.3, 0.4) is 0 Å². The highest BCUT2D eigenvalue weighted by Crippen LogP contribution is 2.25. The fraction of sp³-hybridized carbons (Fsp3) is 0.509. The maximum atomic E-state index is 13.4. The number of aromatic amines is 1. The number of aromatic carboxylic acids is 1. The number of hydrogen-bond acceptors (Lipinski definition) is 17. The number of benzene rings is 2. The number of nitrogens with zero attached hydrogens (tertiary/aromatic N) is 5. The van der Waals surface area contributed by atoms with Gasteiger partial charge in [-0.3, -0.25) is 29.3 Å². The number of guanidine groups is 1. The molecule has 2 aromatic carbocycles. The standard InChI is InChI=1S/C53H75N13O13/c1-34-27-49(69)79-46-30-38(13-14-42(34)46)59-51(71)45(11-4-5-16-54)61-48(68)32-58-50(70)44(12-6-17-57-53(55)56)60-47(67)15-21-74-23-25-76-26-24-75-22-18-66-33-39(64-65-66)9-7-19-77-40-28-37(52(72)73)29-41(31-40)78-20-8-10-43-35(2)62-63-36(43)3/h13-14,27-31,33,44-45H,4-12,15-26,32,54H2,1-3H3,(H,58,70)(H,59,71)(H,60,67)(H,61,68)(H,62,63)(H,72,73)(H4,55,56,57). The highest BCUT2D eigenvalue weighted by atomic mass is 16.5. The number of rotatable bonds is 38. The highest BCUT2D eigenvalue weighted by Gasteiger charge is 2.24. The van der Waals surface area contributed by atoms with Crippen molar-refractivity contribution in [2.45, 2.75) is 104 Å². The summed E-state index contributed by atoms with van der Waals surface area (Å²) in [7, 11) is 0. The molecule has 26 heteroatoms. The molecule has 2 unspecified atom stereocenters. The number of H-pyrrole nitrogens is 1. The van der Waals surface area contributed by atoms with Crippen LogP contribution in [0.2, 0.25) is 0 Å². The summed E-state index contributed by atoms with van der Waals surface area (Å²) in [6.45, 7) is 8.56. The molecule has 3 heterocycles. The van der Waals surface area contributed by atoms with Gasteiger partial charge in [0.05, 0.1) is 82.9 Å². The molecule has 26 nitrogen and oxygen atoms in total. The summed E-state index contributed by atoms with van der Waals surface area (Å²) < 4.78 is 35.6. The van der Waals surface area contributed by atoms with E-state index in [9.17, 15) is 33.9 Å². The smallest absolute Gasteiger partial charge is 0.336 e. The average Bonchev–Trinajstić information content (AvgIpc) is 4.01. The van der Waals surface area contributed by atoms with E-state index in [2.05, 4.69) is 46.8 Å². The van der Waals surface area contributed by atoms with Gasteiger partial charge in [0.1, 0.15) is 29.2 Å². The first kappa shape index (κ1) is 61.9. The second kappa shape index (κ2) is 33.4. The number of carboxylic acids is 1. The summed E-state index contributed by atoms with van der Waals surface area (Å²) in [6.07, 6.45) is 6.42. The lowest BCUT2D eigenvalue weighted by Gasteiger charge is -2.20. The minimum Gasteiger partial charge on any atom is -0.493 e. The van der Waals surface area contributed by atoms with Crippen molar-refractivity contribution >= 4 is 52.2 Å². The number of carbonyl (C=O) groups is 5. The second-order valence-corrected chi connectivity index (χ2v) is 18.5. The lowest BCUT2D eigenvalue weighted by molar-refractivity contribution is -0.131. The molecular formula is C53H75N13O13. The van der Waals surface area contributed by atoms with Crippen LogP contribution in [0.4, 0.5) is 5.69 Å². The van der Waals surface area contributed by atoms with Crippen LogP contribution in [0.25, 0.3) is 11.0 Å². The molecule has 0 aliphatic heterocycles. The van der Waals surface area contributed by atoms with E-state index in [0.29, 0.717) is 106 Å². The Morgan fingerprint density at radius 1 is 0.785 bits per heavy atom. The van der Waals surface area contributed by atoms with Crippen LogP contribution < -0.4 is 53.6 Å². The second-order valence-electron chi connectivity index (χ2n) is 18.5. The molecule has 0 saturated carbocycles. The minimum atomic E-state index is -1.08. The van der Waals surface area contributed by atoms with Crippen molar-refractivity contribution in [3.05, 3.63) is 92.9 Å². The molecule has 430 valence electrons. The molecular weight excluding hydrogens is 1030 g/mol. The number of fused-ring (bicyclic) bond motifs is 1. The van der Waals surface area contributed by atoms with Gasteiger partial charge >= 0.3 is 11.6 Å². The van der Waals surface area contributed by atoms with E-state index in [1.54, 1.807) is 29.8 Å². The Hall–Kier alpha value is -7.94. The Balaban J connectivity index is 0.928. The Morgan fingerprint density at radius 3 is 2.14 bits per heavy atom. The van der Waals surface area contributed by atoms with Crippen LogP contribution in [0, 0.1) is 20.8 Å². The lowest BCUT2D eigenvalue weighted by atomic mass is 10.1. The highest BCUT2D eigenvalue weighted by molar-refractivity contribution is 5.99. The number of nitrogens with two attached hydrogens (primary N) is 3. The van der Waals surface area contributed by atoms with Gasteiger partial charge in [-0.25, -0.2) is 14.3 Å². The molecule has 5 aromatic rings. The molecule has 79 heavy (non-hydrogen) atoms. The van der Waals surface area contributed by atoms with Gasteiger partial charge in [-0.1, -0.05) is 5.21 Å². The van der Waals surface area contributed by atoms with Gasteiger partial charge in [0.25, 0.3) is 0 Å². The summed E-state index contributed by atoms with van der Waals surface area (Å²) in [5.74, 6) is -2.62. The van der Waals surface area contributed by atoms with Gasteiger partial charge in [0.2, 0.25) is 23.6 Å². The van der Waals surface area contributed by atoms with Gasteiger partial charge in [-0.05, 0) is 120 Å². The number of ether oxygens (including phenoxy) is 5. The van der Waals surface area contributed by atoms with Crippen LogP contribution in [0.1, 0.15) is 89.9 Å². The summed E-state index contributed by atoms with van der Waals surface area (Å²) in [4.78, 5) is 80.4. The first-order chi connectivity index (χ1) is 38.1. The predicted molar refractivity (Wildman–Crippen MR) is 292 cm³/mol. The van der Waals surface area contributed by atoms with Crippen LogP contribution in [-0.4, -0.2) is 150 Å². The van der Waals surface area contributed by atoms with E-state index >= 15 is 0 Å². The van der Waals surface area contributed by atoms with Crippen molar-refractivity contribution in [1.82, 2.24) is 41.1 Å². The Labute approximate surface area is 457 Å². The monoisotopic (exact) mass is 1100 g/mol. The van der Waals surface area contributed by atoms with Crippen molar-refractivity contribution in [3.63, 3.8) is 0 Å².